The topological polar surface area (TPSA) is 35.2 Å². The summed E-state index contributed by atoms with van der Waals surface area (Å²) in [6.07, 6.45) is 0. The van der Waals surface area contributed by atoms with Crippen molar-refractivity contribution in [2.24, 2.45) is 0 Å². The highest BCUT2D eigenvalue weighted by molar-refractivity contribution is 5.51. The van der Waals surface area contributed by atoms with Gasteiger partial charge in [0, 0.05) is 0 Å². The Morgan fingerprint density at radius 1 is 1.67 bits per heavy atom. The molecule has 0 aliphatic rings. The number of benzene rings is 1. The van der Waals surface area contributed by atoms with Crippen LogP contribution in [0.2, 0.25) is 0 Å². The number of hydrogen-bond donors (Lipinski definition) is 1. The average Bonchev–Trinajstić information content (AvgIpc) is 2.17. The highest BCUT2D eigenvalue weighted by atomic mass is 16.5. The summed E-state index contributed by atoms with van der Waals surface area (Å²) in [5.41, 5.74) is 4.96. The van der Waals surface area contributed by atoms with Crippen LogP contribution >= 0.6 is 0 Å². The Kier molecular flexibility index (Phi) is 0.441. The van der Waals surface area contributed by atoms with E-state index in [0.29, 0.717) is 0 Å². The Hall–Kier alpha value is -1.18. The van der Waals surface area contributed by atoms with Crippen LogP contribution in [-0.4, -0.2) is 7.04 Å². The van der Waals surface area contributed by atoms with Crippen molar-refractivity contribution >= 4 is 5.69 Å². The molecule has 0 saturated carbocycles. The minimum absolute atomic E-state index is 0.415. The second-order valence-electron chi connectivity index (χ2n) is 1.34. The molecule has 0 bridgehead atoms. The Morgan fingerprint density at radius 2 is 2.44 bits per heavy atom. The maximum Gasteiger partial charge on any atom is 0.141 e. The number of hydrogen-bond acceptors (Lipinski definition) is 2. The molecule has 0 aliphatic heterocycles. The van der Waals surface area contributed by atoms with Crippen molar-refractivity contribution in [2.75, 3.05) is 12.8 Å². The summed E-state index contributed by atoms with van der Waals surface area (Å²) in [4.78, 5) is 0. The van der Waals surface area contributed by atoms with E-state index in [9.17, 15) is 0 Å². The average molecular weight is 130 g/mol. The Morgan fingerprint density at radius 3 is 3.22 bits per heavy atom. The van der Waals surface area contributed by atoms with Gasteiger partial charge in [-0.25, -0.2) is 0 Å². The van der Waals surface area contributed by atoms with E-state index in [0.717, 1.165) is 0 Å². The molecule has 9 heavy (non-hydrogen) atoms. The first kappa shape index (κ1) is 1.66. The molecule has 0 unspecified atom stereocenters. The number of nitrogen functional groups attached to an aromatic ring is 1. The molecule has 0 aromatic heterocycles. The molecule has 1 aromatic carbocycles. The molecule has 2 heteroatoms. The Balaban J connectivity index is 3.40. The first-order valence-electron chi connectivity index (χ1n) is 5.70. The van der Waals surface area contributed by atoms with Gasteiger partial charge in [-0.05, 0) is 12.1 Å². The summed E-state index contributed by atoms with van der Waals surface area (Å²) in [7, 11) is -2.81. The lowest BCUT2D eigenvalue weighted by molar-refractivity contribution is 0.417. The number of ether oxygens (including phenoxy) is 1. The summed E-state index contributed by atoms with van der Waals surface area (Å²) in [5, 5.41) is 0. The number of methoxy groups -OCH3 is 1. The fourth-order valence-electron chi connectivity index (χ4n) is 0.391. The van der Waals surface area contributed by atoms with Crippen LogP contribution in [0.5, 0.6) is 5.75 Å². The maximum absolute atomic E-state index is 7.41. The summed E-state index contributed by atoms with van der Waals surface area (Å²) >= 11 is 0. The van der Waals surface area contributed by atoms with E-state index in [1.807, 2.05) is 0 Å². The van der Waals surface area contributed by atoms with Crippen LogP contribution in [0.25, 0.3) is 0 Å². The molecule has 0 spiro atoms. The standard InChI is InChI=1S/C7H9NO/c1-9-7-5-3-2-4-6(7)8/h2-5H,8H2,1H3/i1D3,2D,3D,4D,5D. The van der Waals surface area contributed by atoms with Crippen LogP contribution in [0, 0.1) is 0 Å². The lowest BCUT2D eigenvalue weighted by Crippen LogP contribution is -1.89. The van der Waals surface area contributed by atoms with Gasteiger partial charge in [0.25, 0.3) is 0 Å². The Labute approximate surface area is 64.1 Å². The highest BCUT2D eigenvalue weighted by Gasteiger charge is 1.91. The second-order valence-corrected chi connectivity index (χ2v) is 1.34. The van der Waals surface area contributed by atoms with E-state index in [2.05, 4.69) is 4.74 Å². The predicted octanol–water partition coefficient (Wildman–Crippen LogP) is 1.28. The number of anilines is 1. The number of rotatable bonds is 1. The molecule has 0 heterocycles. The van der Waals surface area contributed by atoms with E-state index < -0.39 is 42.6 Å². The molecule has 2 N–H and O–H groups in total. The molecular weight excluding hydrogens is 114 g/mol. The monoisotopic (exact) mass is 130 g/mol. The van der Waals surface area contributed by atoms with Crippen molar-refractivity contribution < 1.29 is 14.3 Å². The molecule has 0 saturated heterocycles. The first-order valence-corrected chi connectivity index (χ1v) is 2.20. The lowest BCUT2D eigenvalue weighted by atomic mass is 10.3. The minimum atomic E-state index is -2.81. The summed E-state index contributed by atoms with van der Waals surface area (Å²) < 4.78 is 54.4. The largest absolute Gasteiger partial charge is 0.495 e. The van der Waals surface area contributed by atoms with E-state index in [1.165, 1.54) is 0 Å². The lowest BCUT2D eigenvalue weighted by Gasteiger charge is -2.00. The first-order chi connectivity index (χ1) is 7.15. The van der Waals surface area contributed by atoms with E-state index >= 15 is 0 Å². The van der Waals surface area contributed by atoms with Crippen LogP contribution in [-0.2, 0) is 0 Å². The van der Waals surface area contributed by atoms with Crippen LogP contribution in [0.4, 0.5) is 5.69 Å². The Bertz CT molecular complexity index is 399. The van der Waals surface area contributed by atoms with E-state index in [-0.39, 0.29) is 0 Å². The highest BCUT2D eigenvalue weighted by Crippen LogP contribution is 2.18. The van der Waals surface area contributed by atoms with E-state index in [1.54, 1.807) is 0 Å². The van der Waals surface area contributed by atoms with Gasteiger partial charge in [-0.1, -0.05) is 12.1 Å². The molecule has 1 aromatic rings. The zero-order valence-electron chi connectivity index (χ0n) is 11.5. The van der Waals surface area contributed by atoms with Gasteiger partial charge >= 0.3 is 0 Å². The van der Waals surface area contributed by atoms with Crippen LogP contribution in [0.3, 0.4) is 0 Å². The molecule has 1 rings (SSSR count). The zero-order valence-corrected chi connectivity index (χ0v) is 4.49. The fraction of sp³-hybridized carbons (Fsp3) is 0.143. The second kappa shape index (κ2) is 2.40. The van der Waals surface area contributed by atoms with E-state index in [4.69, 9.17) is 15.3 Å². The van der Waals surface area contributed by atoms with Gasteiger partial charge < -0.3 is 10.5 Å². The molecular formula is C7H9NO. The van der Waals surface area contributed by atoms with Gasteiger partial charge in [0.1, 0.15) is 5.75 Å². The van der Waals surface area contributed by atoms with Crippen LogP contribution in [0.15, 0.2) is 24.2 Å². The van der Waals surface area contributed by atoms with Crippen molar-refractivity contribution in [3.8, 4) is 5.75 Å². The third-order valence-electron chi connectivity index (χ3n) is 0.782. The van der Waals surface area contributed by atoms with Gasteiger partial charge in [0.2, 0.25) is 0 Å². The van der Waals surface area contributed by atoms with Crippen LogP contribution in [0.1, 0.15) is 9.60 Å². The van der Waals surface area contributed by atoms with Crippen LogP contribution < -0.4 is 10.5 Å². The quantitative estimate of drug-likeness (QED) is 0.581. The van der Waals surface area contributed by atoms with Crippen molar-refractivity contribution in [2.45, 2.75) is 0 Å². The van der Waals surface area contributed by atoms with Gasteiger partial charge in [-0.2, -0.15) is 0 Å². The zero-order chi connectivity index (χ0) is 12.7. The predicted molar refractivity (Wildman–Crippen MR) is 37.4 cm³/mol. The third kappa shape index (κ3) is 1.13. The van der Waals surface area contributed by atoms with Crippen molar-refractivity contribution in [1.29, 1.82) is 0 Å². The van der Waals surface area contributed by atoms with Gasteiger partial charge in [0.05, 0.1) is 22.3 Å². The third-order valence-corrected chi connectivity index (χ3v) is 0.782. The van der Waals surface area contributed by atoms with Crippen molar-refractivity contribution in [3.05, 3.63) is 24.2 Å². The maximum atomic E-state index is 7.41. The SMILES string of the molecule is [2H]c1c([2H])c([2H])c(OC([2H])([2H])[2H])c(N)c1[2H]. The molecule has 0 atom stereocenters. The molecule has 0 aliphatic carbocycles. The minimum Gasteiger partial charge on any atom is -0.495 e. The summed E-state index contributed by atoms with van der Waals surface area (Å²) in [6.45, 7) is 0. The molecule has 48 valence electrons. The molecule has 0 amide bonds. The molecule has 0 radical (unpaired) electrons. The summed E-state index contributed by atoms with van der Waals surface area (Å²) in [5.74, 6) is -0.550. The number of nitrogens with two attached hydrogens (primary N) is 1. The van der Waals surface area contributed by atoms with Crippen molar-refractivity contribution in [3.63, 3.8) is 0 Å². The number of para-hydroxylation sites is 2. The van der Waals surface area contributed by atoms with Gasteiger partial charge in [-0.15, -0.1) is 0 Å². The fourth-order valence-corrected chi connectivity index (χ4v) is 0.391. The molecule has 2 nitrogen and oxygen atoms in total. The smallest absolute Gasteiger partial charge is 0.141 e. The molecule has 0 fully saturated rings. The van der Waals surface area contributed by atoms with Gasteiger partial charge in [-0.3, -0.25) is 0 Å². The van der Waals surface area contributed by atoms with Gasteiger partial charge in [0.15, 0.2) is 0 Å². The normalized spacial score (nSPS) is 21.6. The van der Waals surface area contributed by atoms with Crippen molar-refractivity contribution in [1.82, 2.24) is 0 Å². The summed E-state index contributed by atoms with van der Waals surface area (Å²) in [6, 6.07) is -2.23.